The van der Waals surface area contributed by atoms with Crippen LogP contribution in [0.15, 0.2) is 6.20 Å². The van der Waals surface area contributed by atoms with Gasteiger partial charge in [0.2, 0.25) is 0 Å². The highest BCUT2D eigenvalue weighted by Crippen LogP contribution is 2.48. The Morgan fingerprint density at radius 2 is 2.31 bits per heavy atom. The molecule has 1 saturated carbocycles. The quantitative estimate of drug-likeness (QED) is 0.793. The summed E-state index contributed by atoms with van der Waals surface area (Å²) in [6.45, 7) is 5.68. The molecule has 1 unspecified atom stereocenters. The summed E-state index contributed by atoms with van der Waals surface area (Å²) in [6.07, 6.45) is 6.90. The smallest absolute Gasteiger partial charge is 0.0842 e. The molecular weight excluding hydrogens is 200 g/mol. The van der Waals surface area contributed by atoms with Gasteiger partial charge >= 0.3 is 0 Å². The highest BCUT2D eigenvalue weighted by molar-refractivity contribution is 5.05. The molecule has 0 amide bonds. The molecule has 1 heterocycles. The van der Waals surface area contributed by atoms with E-state index in [2.05, 4.69) is 29.5 Å². The molecule has 0 radical (unpaired) electrons. The van der Waals surface area contributed by atoms with E-state index in [9.17, 15) is 0 Å². The summed E-state index contributed by atoms with van der Waals surface area (Å²) in [6, 6.07) is 0.559. The molecule has 1 atom stereocenters. The summed E-state index contributed by atoms with van der Waals surface area (Å²) in [5.41, 5.74) is 1.59. The van der Waals surface area contributed by atoms with Crippen molar-refractivity contribution < 1.29 is 0 Å². The third-order valence-electron chi connectivity index (χ3n) is 3.58. The fourth-order valence-electron chi connectivity index (χ4n) is 2.13. The van der Waals surface area contributed by atoms with Gasteiger partial charge in [0.1, 0.15) is 0 Å². The summed E-state index contributed by atoms with van der Waals surface area (Å²) in [4.78, 5) is 0. The zero-order valence-electron chi connectivity index (χ0n) is 10.5. The maximum Gasteiger partial charge on any atom is 0.0842 e. The van der Waals surface area contributed by atoms with Gasteiger partial charge < -0.3 is 5.32 Å². The van der Waals surface area contributed by atoms with Crippen molar-refractivity contribution >= 4 is 0 Å². The fourth-order valence-corrected chi connectivity index (χ4v) is 2.13. The van der Waals surface area contributed by atoms with Crippen LogP contribution < -0.4 is 5.32 Å². The van der Waals surface area contributed by atoms with Crippen LogP contribution in [0.1, 0.15) is 38.8 Å². The molecule has 1 aliphatic carbocycles. The number of rotatable bonds is 6. The first kappa shape index (κ1) is 11.6. The SMILES string of the molecule is CCCNC(Cc1cn(C)nn1)C1(C)CC1. The molecule has 4 heteroatoms. The Hall–Kier alpha value is -0.900. The second-order valence-electron chi connectivity index (χ2n) is 5.25. The molecule has 16 heavy (non-hydrogen) atoms. The third-order valence-corrected chi connectivity index (χ3v) is 3.58. The molecule has 2 rings (SSSR count). The molecule has 0 spiro atoms. The average molecular weight is 222 g/mol. The molecule has 4 nitrogen and oxygen atoms in total. The monoisotopic (exact) mass is 222 g/mol. The van der Waals surface area contributed by atoms with Gasteiger partial charge in [-0.05, 0) is 31.2 Å². The first-order valence-corrected chi connectivity index (χ1v) is 6.22. The van der Waals surface area contributed by atoms with E-state index >= 15 is 0 Å². The number of aromatic nitrogens is 3. The van der Waals surface area contributed by atoms with Gasteiger partial charge in [-0.25, -0.2) is 0 Å². The first-order valence-electron chi connectivity index (χ1n) is 6.22. The van der Waals surface area contributed by atoms with Crippen molar-refractivity contribution in [3.05, 3.63) is 11.9 Å². The highest BCUT2D eigenvalue weighted by Gasteiger charge is 2.44. The van der Waals surface area contributed by atoms with Gasteiger partial charge in [-0.15, -0.1) is 5.10 Å². The van der Waals surface area contributed by atoms with E-state index in [1.165, 1.54) is 19.3 Å². The van der Waals surface area contributed by atoms with Gasteiger partial charge in [-0.1, -0.05) is 19.1 Å². The second-order valence-corrected chi connectivity index (χ2v) is 5.25. The van der Waals surface area contributed by atoms with Crippen molar-refractivity contribution in [2.24, 2.45) is 12.5 Å². The van der Waals surface area contributed by atoms with Gasteiger partial charge in [0.25, 0.3) is 0 Å². The molecule has 1 aromatic heterocycles. The molecular formula is C12H22N4. The molecule has 0 aliphatic heterocycles. The van der Waals surface area contributed by atoms with Gasteiger partial charge in [-0.3, -0.25) is 4.68 Å². The Balaban J connectivity index is 1.96. The highest BCUT2D eigenvalue weighted by atomic mass is 15.4. The standard InChI is InChI=1S/C12H22N4/c1-4-7-13-11(12(2)5-6-12)8-10-9-16(3)15-14-10/h9,11,13H,4-8H2,1-3H3. The average Bonchev–Trinajstić information content (AvgIpc) is 2.86. The van der Waals surface area contributed by atoms with Crippen molar-refractivity contribution in [3.63, 3.8) is 0 Å². The molecule has 0 bridgehead atoms. The summed E-state index contributed by atoms with van der Waals surface area (Å²) in [7, 11) is 1.92. The van der Waals surface area contributed by atoms with Crippen molar-refractivity contribution in [1.82, 2.24) is 20.3 Å². The number of hydrogen-bond acceptors (Lipinski definition) is 3. The van der Waals surface area contributed by atoms with Gasteiger partial charge in [0.15, 0.2) is 0 Å². The predicted octanol–water partition coefficient (Wildman–Crippen LogP) is 1.53. The van der Waals surface area contributed by atoms with Crippen molar-refractivity contribution in [3.8, 4) is 0 Å². The Morgan fingerprint density at radius 1 is 1.56 bits per heavy atom. The van der Waals surface area contributed by atoms with Crippen LogP contribution in [-0.4, -0.2) is 27.6 Å². The lowest BCUT2D eigenvalue weighted by Gasteiger charge is -2.23. The summed E-state index contributed by atoms with van der Waals surface area (Å²) in [5, 5.41) is 11.8. The normalized spacial score (nSPS) is 19.7. The number of nitrogens with one attached hydrogen (secondary N) is 1. The predicted molar refractivity (Wildman–Crippen MR) is 64.1 cm³/mol. The maximum absolute atomic E-state index is 4.18. The minimum atomic E-state index is 0.493. The van der Waals surface area contributed by atoms with E-state index < -0.39 is 0 Å². The minimum absolute atomic E-state index is 0.493. The van der Waals surface area contributed by atoms with Gasteiger partial charge in [0, 0.05) is 25.7 Å². The Bertz CT molecular complexity index is 341. The third kappa shape index (κ3) is 2.61. The van der Waals surface area contributed by atoms with E-state index in [4.69, 9.17) is 0 Å². The van der Waals surface area contributed by atoms with Crippen LogP contribution in [0, 0.1) is 5.41 Å². The topological polar surface area (TPSA) is 42.7 Å². The zero-order valence-corrected chi connectivity index (χ0v) is 10.5. The van der Waals surface area contributed by atoms with Crippen LogP contribution in [0.3, 0.4) is 0 Å². The van der Waals surface area contributed by atoms with E-state index in [-0.39, 0.29) is 0 Å². The molecule has 1 fully saturated rings. The minimum Gasteiger partial charge on any atom is -0.313 e. The molecule has 1 aromatic rings. The van der Waals surface area contributed by atoms with Crippen molar-refractivity contribution in [2.75, 3.05) is 6.54 Å². The molecule has 0 saturated heterocycles. The summed E-state index contributed by atoms with van der Waals surface area (Å²) >= 11 is 0. The van der Waals surface area contributed by atoms with Crippen LogP contribution in [0.5, 0.6) is 0 Å². The molecule has 1 aliphatic rings. The van der Waals surface area contributed by atoms with Gasteiger partial charge in [-0.2, -0.15) is 0 Å². The fraction of sp³-hybridized carbons (Fsp3) is 0.833. The summed E-state index contributed by atoms with van der Waals surface area (Å²) in [5.74, 6) is 0. The lowest BCUT2D eigenvalue weighted by Crippen LogP contribution is -2.38. The Morgan fingerprint density at radius 3 is 2.81 bits per heavy atom. The van der Waals surface area contributed by atoms with E-state index in [1.807, 2.05) is 13.2 Å². The molecule has 90 valence electrons. The largest absolute Gasteiger partial charge is 0.313 e. The lowest BCUT2D eigenvalue weighted by atomic mass is 9.94. The Labute approximate surface area is 97.4 Å². The second kappa shape index (κ2) is 4.53. The van der Waals surface area contributed by atoms with E-state index in [0.717, 1.165) is 18.7 Å². The Kier molecular flexibility index (Phi) is 3.28. The van der Waals surface area contributed by atoms with Gasteiger partial charge in [0.05, 0.1) is 5.69 Å². The van der Waals surface area contributed by atoms with Crippen LogP contribution in [0.4, 0.5) is 0 Å². The lowest BCUT2D eigenvalue weighted by molar-refractivity contribution is 0.352. The van der Waals surface area contributed by atoms with Crippen LogP contribution >= 0.6 is 0 Å². The van der Waals surface area contributed by atoms with Crippen LogP contribution in [0.25, 0.3) is 0 Å². The van der Waals surface area contributed by atoms with E-state index in [1.54, 1.807) is 4.68 Å². The zero-order chi connectivity index (χ0) is 11.6. The van der Waals surface area contributed by atoms with Crippen molar-refractivity contribution in [2.45, 2.75) is 45.6 Å². The number of aryl methyl sites for hydroxylation is 1. The van der Waals surface area contributed by atoms with E-state index in [0.29, 0.717) is 11.5 Å². The number of nitrogens with zero attached hydrogens (tertiary/aromatic N) is 3. The molecule has 0 aromatic carbocycles. The maximum atomic E-state index is 4.18. The van der Waals surface area contributed by atoms with Crippen LogP contribution in [0.2, 0.25) is 0 Å². The summed E-state index contributed by atoms with van der Waals surface area (Å²) < 4.78 is 1.78. The first-order chi connectivity index (χ1) is 7.64. The van der Waals surface area contributed by atoms with Crippen LogP contribution in [-0.2, 0) is 13.5 Å². The van der Waals surface area contributed by atoms with Crippen molar-refractivity contribution in [1.29, 1.82) is 0 Å². The molecule has 1 N–H and O–H groups in total. The number of hydrogen-bond donors (Lipinski definition) is 1.